The van der Waals surface area contributed by atoms with E-state index in [1.54, 1.807) is 20.8 Å². The minimum Gasteiger partial charge on any atom is -0.481 e. The summed E-state index contributed by atoms with van der Waals surface area (Å²) in [7, 11) is 0. The van der Waals surface area contributed by atoms with Gasteiger partial charge < -0.3 is 14.6 Å². The fraction of sp³-hybridized carbons (Fsp3) is 0.786. The predicted octanol–water partition coefficient (Wildman–Crippen LogP) is 0.836. The van der Waals surface area contributed by atoms with Crippen LogP contribution in [0.5, 0.6) is 0 Å². The van der Waals surface area contributed by atoms with Crippen molar-refractivity contribution in [3.05, 3.63) is 0 Å². The number of carbonyl (C=O) groups is 3. The van der Waals surface area contributed by atoms with Crippen LogP contribution in [0.2, 0.25) is 0 Å². The average molecular weight is 282 g/mol. The molecule has 3 rings (SSSR count). The van der Waals surface area contributed by atoms with Crippen molar-refractivity contribution < 1.29 is 29.0 Å². The number of carboxylic acid groups (broad SMARTS) is 1. The first-order chi connectivity index (χ1) is 9.21. The van der Waals surface area contributed by atoms with Crippen molar-refractivity contribution in [2.75, 3.05) is 0 Å². The molecule has 0 amide bonds. The molecule has 1 heterocycles. The van der Waals surface area contributed by atoms with Crippen molar-refractivity contribution in [1.29, 1.82) is 0 Å². The molecule has 3 aliphatic rings. The zero-order chi connectivity index (χ0) is 14.8. The Labute approximate surface area is 116 Å². The van der Waals surface area contributed by atoms with Crippen molar-refractivity contribution in [2.24, 2.45) is 29.1 Å². The Morgan fingerprint density at radius 1 is 1.30 bits per heavy atom. The van der Waals surface area contributed by atoms with E-state index >= 15 is 0 Å². The topological polar surface area (TPSA) is 89.9 Å². The number of carbonyl (C=O) groups excluding carboxylic acids is 2. The number of hydrogen-bond acceptors (Lipinski definition) is 5. The first-order valence-electron chi connectivity index (χ1n) is 6.86. The zero-order valence-corrected chi connectivity index (χ0v) is 11.7. The number of carboxylic acids is 1. The maximum atomic E-state index is 12.0. The van der Waals surface area contributed by atoms with Crippen LogP contribution in [0.1, 0.15) is 27.2 Å². The predicted molar refractivity (Wildman–Crippen MR) is 65.4 cm³/mol. The lowest BCUT2D eigenvalue weighted by Gasteiger charge is -2.31. The van der Waals surface area contributed by atoms with Gasteiger partial charge in [0.25, 0.3) is 0 Å². The van der Waals surface area contributed by atoms with Crippen molar-refractivity contribution in [3.63, 3.8) is 0 Å². The van der Waals surface area contributed by atoms with E-state index < -0.39 is 47.4 Å². The minimum atomic E-state index is -1.00. The molecule has 2 saturated carbocycles. The molecule has 6 nitrogen and oxygen atoms in total. The lowest BCUT2D eigenvalue weighted by Crippen LogP contribution is -2.44. The molecule has 0 aromatic carbocycles. The SMILES string of the molecule is CC(C)(C)C(=O)OC1C2CC3C1OC(=O)C3C2C(=O)O. The highest BCUT2D eigenvalue weighted by Gasteiger charge is 2.70. The Morgan fingerprint density at radius 2 is 1.95 bits per heavy atom. The Balaban J connectivity index is 1.86. The van der Waals surface area contributed by atoms with Crippen LogP contribution in [0.3, 0.4) is 0 Å². The Bertz CT molecular complexity index is 490. The molecule has 20 heavy (non-hydrogen) atoms. The number of esters is 2. The van der Waals surface area contributed by atoms with E-state index in [0.717, 1.165) is 0 Å². The summed E-state index contributed by atoms with van der Waals surface area (Å²) >= 11 is 0. The molecular weight excluding hydrogens is 264 g/mol. The van der Waals surface area contributed by atoms with Crippen LogP contribution in [0, 0.1) is 29.1 Å². The molecule has 1 N–H and O–H groups in total. The van der Waals surface area contributed by atoms with Crippen LogP contribution in [0.15, 0.2) is 0 Å². The van der Waals surface area contributed by atoms with E-state index in [2.05, 4.69) is 0 Å². The Kier molecular flexibility index (Phi) is 2.65. The van der Waals surface area contributed by atoms with Gasteiger partial charge in [0, 0.05) is 11.8 Å². The number of aliphatic carboxylic acids is 1. The van der Waals surface area contributed by atoms with Gasteiger partial charge in [-0.1, -0.05) is 0 Å². The summed E-state index contributed by atoms with van der Waals surface area (Å²) in [5.74, 6) is -3.63. The number of ether oxygens (including phenoxy) is 2. The molecule has 6 atom stereocenters. The summed E-state index contributed by atoms with van der Waals surface area (Å²) < 4.78 is 10.8. The fourth-order valence-electron chi connectivity index (χ4n) is 3.78. The van der Waals surface area contributed by atoms with E-state index in [-0.39, 0.29) is 11.8 Å². The Morgan fingerprint density at radius 3 is 2.50 bits per heavy atom. The van der Waals surface area contributed by atoms with Crippen LogP contribution in [0.25, 0.3) is 0 Å². The third-order valence-electron chi connectivity index (χ3n) is 4.69. The zero-order valence-electron chi connectivity index (χ0n) is 11.7. The van der Waals surface area contributed by atoms with Crippen LogP contribution < -0.4 is 0 Å². The van der Waals surface area contributed by atoms with Crippen LogP contribution in [0.4, 0.5) is 0 Å². The fourth-order valence-corrected chi connectivity index (χ4v) is 3.78. The van der Waals surface area contributed by atoms with Gasteiger partial charge >= 0.3 is 17.9 Å². The molecule has 0 spiro atoms. The number of rotatable bonds is 2. The second-order valence-corrected chi connectivity index (χ2v) is 6.97. The van der Waals surface area contributed by atoms with E-state index in [4.69, 9.17) is 9.47 Å². The summed E-state index contributed by atoms with van der Waals surface area (Å²) in [5, 5.41) is 9.34. The van der Waals surface area contributed by atoms with Crippen molar-refractivity contribution in [3.8, 4) is 0 Å². The van der Waals surface area contributed by atoms with Gasteiger partial charge in [0.2, 0.25) is 0 Å². The second kappa shape index (κ2) is 3.96. The number of hydrogen-bond donors (Lipinski definition) is 1. The molecule has 1 aliphatic heterocycles. The smallest absolute Gasteiger partial charge is 0.311 e. The third-order valence-corrected chi connectivity index (χ3v) is 4.69. The van der Waals surface area contributed by atoms with Gasteiger partial charge in [-0.15, -0.1) is 0 Å². The summed E-state index contributed by atoms with van der Waals surface area (Å²) in [5.41, 5.74) is -0.664. The molecule has 110 valence electrons. The van der Waals surface area contributed by atoms with Gasteiger partial charge in [-0.2, -0.15) is 0 Å². The highest BCUT2D eigenvalue weighted by molar-refractivity contribution is 5.85. The second-order valence-electron chi connectivity index (χ2n) is 6.97. The molecule has 2 aliphatic carbocycles. The van der Waals surface area contributed by atoms with E-state index in [1.165, 1.54) is 0 Å². The summed E-state index contributed by atoms with van der Waals surface area (Å²) in [6.45, 7) is 5.21. The van der Waals surface area contributed by atoms with Gasteiger partial charge in [0.15, 0.2) is 0 Å². The van der Waals surface area contributed by atoms with Gasteiger partial charge in [-0.25, -0.2) is 0 Å². The van der Waals surface area contributed by atoms with Gasteiger partial charge in [-0.05, 0) is 27.2 Å². The summed E-state index contributed by atoms with van der Waals surface area (Å²) in [6, 6.07) is 0. The Hall–Kier alpha value is -1.59. The molecule has 6 heteroatoms. The van der Waals surface area contributed by atoms with E-state index in [1.807, 2.05) is 0 Å². The highest BCUT2D eigenvalue weighted by atomic mass is 16.6. The quantitative estimate of drug-likeness (QED) is 0.755. The van der Waals surface area contributed by atoms with Crippen LogP contribution in [-0.2, 0) is 23.9 Å². The van der Waals surface area contributed by atoms with Crippen LogP contribution in [-0.4, -0.2) is 35.2 Å². The molecular formula is C14H18O6. The minimum absolute atomic E-state index is 0.119. The summed E-state index contributed by atoms with van der Waals surface area (Å²) in [4.78, 5) is 35.2. The van der Waals surface area contributed by atoms with Gasteiger partial charge in [0.1, 0.15) is 12.2 Å². The van der Waals surface area contributed by atoms with Crippen molar-refractivity contribution in [1.82, 2.24) is 0 Å². The maximum absolute atomic E-state index is 12.0. The third kappa shape index (κ3) is 1.66. The number of fused-ring (bicyclic) bond motifs is 1. The maximum Gasteiger partial charge on any atom is 0.311 e. The first kappa shape index (κ1) is 13.4. The summed E-state index contributed by atoms with van der Waals surface area (Å²) in [6.07, 6.45) is -0.491. The lowest BCUT2D eigenvalue weighted by molar-refractivity contribution is -0.172. The lowest BCUT2D eigenvalue weighted by atomic mass is 9.78. The monoisotopic (exact) mass is 282 g/mol. The largest absolute Gasteiger partial charge is 0.481 e. The first-order valence-corrected chi connectivity index (χ1v) is 6.86. The van der Waals surface area contributed by atoms with E-state index in [9.17, 15) is 19.5 Å². The van der Waals surface area contributed by atoms with Crippen molar-refractivity contribution in [2.45, 2.75) is 39.4 Å². The molecule has 0 aromatic heterocycles. The van der Waals surface area contributed by atoms with Gasteiger partial charge in [-0.3, -0.25) is 14.4 Å². The standard InChI is InChI=1S/C14H18O6/c1-14(2,3)13(18)20-10-5-4-6-8(7(5)11(15)16)12(17)19-9(6)10/h5-10H,4H2,1-3H3,(H,15,16). The normalized spacial score (nSPS) is 41.6. The van der Waals surface area contributed by atoms with E-state index in [0.29, 0.717) is 6.42 Å². The molecule has 1 saturated heterocycles. The van der Waals surface area contributed by atoms with Gasteiger partial charge in [0.05, 0.1) is 17.3 Å². The highest BCUT2D eigenvalue weighted by Crippen LogP contribution is 2.58. The molecule has 3 fully saturated rings. The molecule has 6 unspecified atom stereocenters. The van der Waals surface area contributed by atoms with Crippen molar-refractivity contribution >= 4 is 17.9 Å². The van der Waals surface area contributed by atoms with Crippen LogP contribution >= 0.6 is 0 Å². The molecule has 0 aromatic rings. The molecule has 2 bridgehead atoms. The average Bonchev–Trinajstić information content (AvgIpc) is 2.90. The molecule has 0 radical (unpaired) electrons.